The van der Waals surface area contributed by atoms with Gasteiger partial charge >= 0.3 is 5.97 Å². The van der Waals surface area contributed by atoms with Crippen LogP contribution in [0.1, 0.15) is 16.3 Å². The Balaban J connectivity index is 2.17. The van der Waals surface area contributed by atoms with Crippen molar-refractivity contribution in [3.63, 3.8) is 0 Å². The van der Waals surface area contributed by atoms with Gasteiger partial charge in [0.2, 0.25) is 0 Å². The number of rotatable bonds is 3. The second-order valence-electron chi connectivity index (χ2n) is 3.35. The molecule has 0 unspecified atom stereocenters. The van der Waals surface area contributed by atoms with Gasteiger partial charge in [0.05, 0.1) is 19.5 Å². The second kappa shape index (κ2) is 4.54. The lowest BCUT2D eigenvalue weighted by Gasteiger charge is -2.01. The lowest BCUT2D eigenvalue weighted by atomic mass is 10.5. The summed E-state index contributed by atoms with van der Waals surface area (Å²) in [5.41, 5.74) is 0.160. The van der Waals surface area contributed by atoms with Crippen molar-refractivity contribution < 1.29 is 9.53 Å². The van der Waals surface area contributed by atoms with E-state index >= 15 is 0 Å². The van der Waals surface area contributed by atoms with Gasteiger partial charge in [-0.2, -0.15) is 0 Å². The van der Waals surface area contributed by atoms with E-state index in [9.17, 15) is 4.79 Å². The molecule has 7 nitrogen and oxygen atoms in total. The van der Waals surface area contributed by atoms with Crippen molar-refractivity contribution in [2.75, 3.05) is 7.11 Å². The van der Waals surface area contributed by atoms with E-state index in [0.717, 1.165) is 5.82 Å². The highest BCUT2D eigenvalue weighted by Gasteiger charge is 2.12. The van der Waals surface area contributed by atoms with Gasteiger partial charge in [0.1, 0.15) is 17.5 Å². The Morgan fingerprint density at radius 2 is 2.35 bits per heavy atom. The number of nitrogens with zero attached hydrogens (tertiary/aromatic N) is 5. The molecular weight excluding hydrogens is 246 g/mol. The van der Waals surface area contributed by atoms with Crippen LogP contribution in [0, 0.1) is 0 Å². The molecule has 0 N–H and O–H groups in total. The third kappa shape index (κ3) is 2.28. The Morgan fingerprint density at radius 3 is 2.94 bits per heavy atom. The van der Waals surface area contributed by atoms with Crippen LogP contribution >= 0.6 is 11.6 Å². The first kappa shape index (κ1) is 11.6. The molecule has 2 rings (SSSR count). The van der Waals surface area contributed by atoms with Crippen molar-refractivity contribution in [3.8, 4) is 0 Å². The molecule has 0 aliphatic rings. The number of aromatic nitrogens is 5. The first-order chi connectivity index (χ1) is 8.11. The topological polar surface area (TPSA) is 74.8 Å². The van der Waals surface area contributed by atoms with Gasteiger partial charge in [-0.3, -0.25) is 0 Å². The van der Waals surface area contributed by atoms with Gasteiger partial charge in [0, 0.05) is 7.05 Å². The Morgan fingerprint density at radius 1 is 1.59 bits per heavy atom. The van der Waals surface area contributed by atoms with E-state index in [4.69, 9.17) is 11.6 Å². The van der Waals surface area contributed by atoms with Crippen LogP contribution in [0.15, 0.2) is 12.4 Å². The molecule has 0 aromatic carbocycles. The monoisotopic (exact) mass is 255 g/mol. The van der Waals surface area contributed by atoms with Gasteiger partial charge < -0.3 is 9.30 Å². The van der Waals surface area contributed by atoms with Crippen LogP contribution in [0.3, 0.4) is 0 Å². The van der Waals surface area contributed by atoms with Crippen molar-refractivity contribution in [2.24, 2.45) is 7.05 Å². The molecule has 0 spiro atoms. The largest absolute Gasteiger partial charge is 0.464 e. The maximum atomic E-state index is 11.2. The standard InChI is InChI=1S/C9H10ClN5O2/c1-14-7(10)3-11-8(14)5-15-4-6(12-13-15)9(16)17-2/h3-4H,5H2,1-2H3. The minimum absolute atomic E-state index is 0.160. The van der Waals surface area contributed by atoms with Crippen molar-refractivity contribution in [2.45, 2.75) is 6.54 Å². The Hall–Kier alpha value is -1.89. The van der Waals surface area contributed by atoms with E-state index in [0.29, 0.717) is 11.7 Å². The molecule has 0 aliphatic carbocycles. The molecule has 0 amide bonds. The normalized spacial score (nSPS) is 10.5. The SMILES string of the molecule is COC(=O)c1cn(Cc2ncc(Cl)n2C)nn1. The van der Waals surface area contributed by atoms with Crippen LogP contribution in [-0.2, 0) is 18.3 Å². The predicted molar refractivity (Wildman–Crippen MR) is 58.7 cm³/mol. The fourth-order valence-electron chi connectivity index (χ4n) is 1.29. The van der Waals surface area contributed by atoms with Crippen LogP contribution in [0.5, 0.6) is 0 Å². The number of hydrogen-bond donors (Lipinski definition) is 0. The van der Waals surface area contributed by atoms with E-state index in [1.54, 1.807) is 17.8 Å². The molecule has 8 heteroatoms. The summed E-state index contributed by atoms with van der Waals surface area (Å²) in [4.78, 5) is 15.3. The minimum Gasteiger partial charge on any atom is -0.464 e. The molecule has 0 aliphatic heterocycles. The summed E-state index contributed by atoms with van der Waals surface area (Å²) in [6.45, 7) is 0.382. The summed E-state index contributed by atoms with van der Waals surface area (Å²) in [5.74, 6) is 0.199. The third-order valence-corrected chi connectivity index (χ3v) is 2.62. The molecule has 0 bridgehead atoms. The zero-order valence-corrected chi connectivity index (χ0v) is 10.0. The molecule has 0 radical (unpaired) electrons. The van der Waals surface area contributed by atoms with E-state index in [-0.39, 0.29) is 5.69 Å². The van der Waals surface area contributed by atoms with Crippen LogP contribution < -0.4 is 0 Å². The fraction of sp³-hybridized carbons (Fsp3) is 0.333. The Labute approximate surface area is 102 Å². The molecule has 0 saturated heterocycles. The van der Waals surface area contributed by atoms with Gasteiger partial charge in [-0.15, -0.1) is 5.10 Å². The van der Waals surface area contributed by atoms with Crippen LogP contribution in [0.25, 0.3) is 0 Å². The quantitative estimate of drug-likeness (QED) is 0.747. The maximum Gasteiger partial charge on any atom is 0.360 e. The molecule has 2 aromatic heterocycles. The van der Waals surface area contributed by atoms with Crippen LogP contribution in [0.4, 0.5) is 0 Å². The number of carbonyl (C=O) groups excluding carboxylic acids is 1. The average molecular weight is 256 g/mol. The van der Waals surface area contributed by atoms with Gasteiger partial charge in [0.25, 0.3) is 0 Å². The second-order valence-corrected chi connectivity index (χ2v) is 3.74. The number of halogens is 1. The number of ether oxygens (including phenoxy) is 1. The summed E-state index contributed by atoms with van der Waals surface area (Å²) in [7, 11) is 3.09. The lowest BCUT2D eigenvalue weighted by Crippen LogP contribution is -2.07. The first-order valence-electron chi connectivity index (χ1n) is 4.76. The van der Waals surface area contributed by atoms with E-state index < -0.39 is 5.97 Å². The number of imidazole rings is 1. The van der Waals surface area contributed by atoms with Crippen LogP contribution in [-0.4, -0.2) is 37.6 Å². The van der Waals surface area contributed by atoms with Crippen molar-refractivity contribution >= 4 is 17.6 Å². The zero-order valence-electron chi connectivity index (χ0n) is 9.29. The summed E-state index contributed by atoms with van der Waals surface area (Å²) >= 11 is 5.85. The molecule has 0 fully saturated rings. The minimum atomic E-state index is -0.519. The molecular formula is C9H10ClN5O2. The molecule has 90 valence electrons. The Bertz CT molecular complexity index is 547. The summed E-state index contributed by atoms with van der Waals surface area (Å²) < 4.78 is 7.75. The Kier molecular flexibility index (Phi) is 3.10. The van der Waals surface area contributed by atoms with E-state index in [1.807, 2.05) is 0 Å². The summed E-state index contributed by atoms with van der Waals surface area (Å²) in [6.07, 6.45) is 3.05. The maximum absolute atomic E-state index is 11.2. The number of methoxy groups -OCH3 is 1. The summed E-state index contributed by atoms with van der Waals surface area (Å²) in [6, 6.07) is 0. The number of esters is 1. The smallest absolute Gasteiger partial charge is 0.360 e. The van der Waals surface area contributed by atoms with E-state index in [2.05, 4.69) is 20.0 Å². The highest BCUT2D eigenvalue weighted by Crippen LogP contribution is 2.10. The summed E-state index contributed by atoms with van der Waals surface area (Å²) in [5, 5.41) is 8.02. The van der Waals surface area contributed by atoms with E-state index in [1.165, 1.54) is 18.0 Å². The third-order valence-electron chi connectivity index (χ3n) is 2.26. The number of hydrogen-bond acceptors (Lipinski definition) is 5. The predicted octanol–water partition coefficient (Wildman–Crippen LogP) is 0.500. The molecule has 0 atom stereocenters. The molecule has 17 heavy (non-hydrogen) atoms. The lowest BCUT2D eigenvalue weighted by molar-refractivity contribution is 0.0594. The number of carbonyl (C=O) groups is 1. The van der Waals surface area contributed by atoms with Gasteiger partial charge in [0.15, 0.2) is 5.69 Å². The fourth-order valence-corrected chi connectivity index (χ4v) is 1.44. The highest BCUT2D eigenvalue weighted by molar-refractivity contribution is 6.29. The average Bonchev–Trinajstić information content (AvgIpc) is 2.91. The van der Waals surface area contributed by atoms with Crippen molar-refractivity contribution in [3.05, 3.63) is 29.1 Å². The van der Waals surface area contributed by atoms with Gasteiger partial charge in [-0.05, 0) is 0 Å². The molecule has 2 heterocycles. The first-order valence-corrected chi connectivity index (χ1v) is 5.14. The highest BCUT2D eigenvalue weighted by atomic mass is 35.5. The van der Waals surface area contributed by atoms with Crippen LogP contribution in [0.2, 0.25) is 5.15 Å². The van der Waals surface area contributed by atoms with Crippen molar-refractivity contribution in [1.29, 1.82) is 0 Å². The van der Waals surface area contributed by atoms with Gasteiger partial charge in [-0.1, -0.05) is 16.8 Å². The zero-order chi connectivity index (χ0) is 12.4. The molecule has 0 saturated carbocycles. The molecule has 2 aromatic rings. The van der Waals surface area contributed by atoms with Gasteiger partial charge in [-0.25, -0.2) is 14.5 Å². The van der Waals surface area contributed by atoms with Crippen molar-refractivity contribution in [1.82, 2.24) is 24.5 Å².